The van der Waals surface area contributed by atoms with Gasteiger partial charge in [-0.3, -0.25) is 4.79 Å². The highest BCUT2D eigenvalue weighted by Crippen LogP contribution is 2.22. The van der Waals surface area contributed by atoms with E-state index in [1.54, 1.807) is 24.3 Å². The first-order chi connectivity index (χ1) is 15.1. The van der Waals surface area contributed by atoms with Crippen molar-refractivity contribution in [3.05, 3.63) is 95.6 Å². The van der Waals surface area contributed by atoms with E-state index in [9.17, 15) is 9.59 Å². The van der Waals surface area contributed by atoms with Crippen molar-refractivity contribution in [1.82, 2.24) is 0 Å². The van der Waals surface area contributed by atoms with Gasteiger partial charge in [-0.15, -0.1) is 0 Å². The first-order valence-electron chi connectivity index (χ1n) is 11.1. The van der Waals surface area contributed by atoms with Gasteiger partial charge in [0.1, 0.15) is 0 Å². The number of esters is 1. The van der Waals surface area contributed by atoms with Crippen molar-refractivity contribution in [2.24, 2.45) is 5.92 Å². The molecule has 3 aromatic carbocycles. The van der Waals surface area contributed by atoms with E-state index in [2.05, 4.69) is 13.8 Å². The van der Waals surface area contributed by atoms with Crippen molar-refractivity contribution < 1.29 is 14.3 Å². The third-order valence-electron chi connectivity index (χ3n) is 5.64. The van der Waals surface area contributed by atoms with Crippen LogP contribution < -0.4 is 0 Å². The molecule has 0 fully saturated rings. The van der Waals surface area contributed by atoms with Crippen LogP contribution in [0, 0.1) is 5.92 Å². The second-order valence-electron chi connectivity index (χ2n) is 7.83. The standard InChI is InChI=1S/C28H30O3/c1-3-5-11-21(4-2)20-31-28(30)26-15-10-9-14-25(26)27(29)24-18-16-23(17-19-24)22-12-7-6-8-13-22/h6-10,12-19,21H,3-5,11,20H2,1-2H3. The molecule has 0 heterocycles. The smallest absolute Gasteiger partial charge is 0.338 e. The SMILES string of the molecule is CCCCC(CC)COC(=O)c1ccccc1C(=O)c1ccc(-c2ccccc2)cc1. The molecule has 0 N–H and O–H groups in total. The van der Waals surface area contributed by atoms with Crippen LogP contribution in [0.1, 0.15) is 65.8 Å². The molecule has 3 heteroatoms. The summed E-state index contributed by atoms with van der Waals surface area (Å²) in [6.07, 6.45) is 4.28. The minimum atomic E-state index is -0.431. The van der Waals surface area contributed by atoms with Crippen molar-refractivity contribution >= 4 is 11.8 Å². The van der Waals surface area contributed by atoms with E-state index in [-0.39, 0.29) is 5.78 Å². The average molecular weight is 415 g/mol. The van der Waals surface area contributed by atoms with Crippen LogP contribution in [0.5, 0.6) is 0 Å². The van der Waals surface area contributed by atoms with Gasteiger partial charge in [0.05, 0.1) is 12.2 Å². The van der Waals surface area contributed by atoms with E-state index in [1.807, 2.05) is 54.6 Å². The number of ketones is 1. The number of ether oxygens (including phenoxy) is 1. The monoisotopic (exact) mass is 414 g/mol. The van der Waals surface area contributed by atoms with Gasteiger partial charge in [0.2, 0.25) is 0 Å². The number of benzene rings is 3. The molecule has 0 amide bonds. The Hall–Kier alpha value is -3.20. The Labute approximate surface area is 185 Å². The second-order valence-corrected chi connectivity index (χ2v) is 7.83. The van der Waals surface area contributed by atoms with Gasteiger partial charge in [-0.25, -0.2) is 4.79 Å². The minimum absolute atomic E-state index is 0.176. The average Bonchev–Trinajstić information content (AvgIpc) is 2.84. The predicted molar refractivity (Wildman–Crippen MR) is 125 cm³/mol. The molecule has 0 saturated carbocycles. The predicted octanol–water partition coefficient (Wildman–Crippen LogP) is 6.96. The summed E-state index contributed by atoms with van der Waals surface area (Å²) in [4.78, 5) is 25.9. The molecule has 0 aliphatic rings. The van der Waals surface area contributed by atoms with E-state index in [4.69, 9.17) is 4.74 Å². The molecule has 0 radical (unpaired) electrons. The van der Waals surface area contributed by atoms with Crippen molar-refractivity contribution in [3.8, 4) is 11.1 Å². The lowest BCUT2D eigenvalue weighted by molar-refractivity contribution is 0.0426. The number of rotatable bonds is 10. The highest BCUT2D eigenvalue weighted by Gasteiger charge is 2.20. The molecular weight excluding hydrogens is 384 g/mol. The third kappa shape index (κ3) is 5.91. The topological polar surface area (TPSA) is 43.4 Å². The van der Waals surface area contributed by atoms with Crippen LogP contribution in [-0.4, -0.2) is 18.4 Å². The Kier molecular flexibility index (Phi) is 8.17. The van der Waals surface area contributed by atoms with Crippen LogP contribution in [0.3, 0.4) is 0 Å². The molecule has 0 aromatic heterocycles. The lowest BCUT2D eigenvalue weighted by Crippen LogP contribution is -2.17. The number of hydrogen-bond donors (Lipinski definition) is 0. The van der Waals surface area contributed by atoms with Crippen molar-refractivity contribution in [3.63, 3.8) is 0 Å². The Balaban J connectivity index is 1.74. The Morgan fingerprint density at radius 1 is 0.774 bits per heavy atom. The maximum absolute atomic E-state index is 13.1. The molecule has 0 aliphatic carbocycles. The lowest BCUT2D eigenvalue weighted by atomic mass is 9.96. The van der Waals surface area contributed by atoms with Crippen molar-refractivity contribution in [2.45, 2.75) is 39.5 Å². The quantitative estimate of drug-likeness (QED) is 0.266. The summed E-state index contributed by atoms with van der Waals surface area (Å²) in [7, 11) is 0. The molecule has 1 unspecified atom stereocenters. The largest absolute Gasteiger partial charge is 0.462 e. The molecular formula is C28H30O3. The van der Waals surface area contributed by atoms with Gasteiger partial charge < -0.3 is 4.74 Å². The number of unbranched alkanes of at least 4 members (excludes halogenated alkanes) is 1. The molecule has 31 heavy (non-hydrogen) atoms. The minimum Gasteiger partial charge on any atom is -0.462 e. The van der Waals surface area contributed by atoms with Gasteiger partial charge >= 0.3 is 5.97 Å². The zero-order valence-corrected chi connectivity index (χ0v) is 18.3. The number of hydrogen-bond acceptors (Lipinski definition) is 3. The Bertz CT molecular complexity index is 990. The van der Waals surface area contributed by atoms with Gasteiger partial charge in [-0.1, -0.05) is 106 Å². The zero-order chi connectivity index (χ0) is 22.1. The number of carbonyl (C=O) groups excluding carboxylic acids is 2. The fourth-order valence-electron chi connectivity index (χ4n) is 3.63. The third-order valence-corrected chi connectivity index (χ3v) is 5.64. The molecule has 3 nitrogen and oxygen atoms in total. The molecule has 3 rings (SSSR count). The van der Waals surface area contributed by atoms with E-state index < -0.39 is 5.97 Å². The van der Waals surface area contributed by atoms with Gasteiger partial charge in [0.15, 0.2) is 5.78 Å². The highest BCUT2D eigenvalue weighted by atomic mass is 16.5. The maximum atomic E-state index is 13.1. The lowest BCUT2D eigenvalue weighted by Gasteiger charge is -2.15. The normalized spacial score (nSPS) is 11.7. The molecule has 0 spiro atoms. The summed E-state index contributed by atoms with van der Waals surface area (Å²) < 4.78 is 5.59. The van der Waals surface area contributed by atoms with E-state index in [0.29, 0.717) is 29.2 Å². The molecule has 0 bridgehead atoms. The van der Waals surface area contributed by atoms with Crippen molar-refractivity contribution in [1.29, 1.82) is 0 Å². The fourth-order valence-corrected chi connectivity index (χ4v) is 3.63. The summed E-state index contributed by atoms with van der Waals surface area (Å²) in [6.45, 7) is 4.67. The summed E-state index contributed by atoms with van der Waals surface area (Å²) in [5.41, 5.74) is 3.39. The molecule has 1 atom stereocenters. The van der Waals surface area contributed by atoms with Gasteiger partial charge in [0.25, 0.3) is 0 Å². The second kappa shape index (κ2) is 11.3. The van der Waals surface area contributed by atoms with Gasteiger partial charge in [-0.05, 0) is 29.5 Å². The van der Waals surface area contributed by atoms with Crippen LogP contribution in [0.2, 0.25) is 0 Å². The van der Waals surface area contributed by atoms with Crippen LogP contribution in [-0.2, 0) is 4.74 Å². The molecule has 0 saturated heterocycles. The number of carbonyl (C=O) groups is 2. The highest BCUT2D eigenvalue weighted by molar-refractivity contribution is 6.14. The maximum Gasteiger partial charge on any atom is 0.338 e. The van der Waals surface area contributed by atoms with Crippen LogP contribution in [0.4, 0.5) is 0 Å². The van der Waals surface area contributed by atoms with Crippen molar-refractivity contribution in [2.75, 3.05) is 6.61 Å². The Morgan fingerprint density at radius 3 is 2.03 bits per heavy atom. The zero-order valence-electron chi connectivity index (χ0n) is 18.3. The van der Waals surface area contributed by atoms with E-state index in [0.717, 1.165) is 36.8 Å². The van der Waals surface area contributed by atoms with Crippen LogP contribution in [0.15, 0.2) is 78.9 Å². The first-order valence-corrected chi connectivity index (χ1v) is 11.1. The van der Waals surface area contributed by atoms with Gasteiger partial charge in [0, 0.05) is 11.1 Å². The fraction of sp³-hybridized carbons (Fsp3) is 0.286. The molecule has 0 aliphatic heterocycles. The van der Waals surface area contributed by atoms with E-state index >= 15 is 0 Å². The van der Waals surface area contributed by atoms with E-state index in [1.165, 1.54) is 0 Å². The molecule has 160 valence electrons. The summed E-state index contributed by atoms with van der Waals surface area (Å²) in [5.74, 6) is -0.248. The Morgan fingerprint density at radius 2 is 1.39 bits per heavy atom. The van der Waals surface area contributed by atoms with Gasteiger partial charge in [-0.2, -0.15) is 0 Å². The first kappa shape index (κ1) is 22.5. The van der Waals surface area contributed by atoms with Crippen LogP contribution >= 0.6 is 0 Å². The summed E-state index contributed by atoms with van der Waals surface area (Å²) in [6, 6.07) is 24.4. The van der Waals surface area contributed by atoms with Crippen LogP contribution in [0.25, 0.3) is 11.1 Å². The summed E-state index contributed by atoms with van der Waals surface area (Å²) >= 11 is 0. The summed E-state index contributed by atoms with van der Waals surface area (Å²) in [5, 5.41) is 0. The molecule has 3 aromatic rings.